The largest absolute Gasteiger partial charge is 0.495 e. The standard InChI is InChI=1S/C22H23Cl2N5O4/c1-4-19(30)26-14-10-33-11-15(14)28-22-25-8-16-13(27-22)5-6-29(16)9-12-20(23)17(31-2)7-18(32-3)21(12)24/h4-8,14-15H,1,9-11H2,2-3H3,(H,26,30)(H,25,27,28). The van der Waals surface area contributed by atoms with Crippen molar-refractivity contribution < 1.29 is 19.0 Å². The van der Waals surface area contributed by atoms with Crippen molar-refractivity contribution in [1.82, 2.24) is 19.9 Å². The van der Waals surface area contributed by atoms with Gasteiger partial charge < -0.3 is 29.4 Å². The number of amides is 1. The van der Waals surface area contributed by atoms with Crippen LogP contribution in [-0.2, 0) is 16.1 Å². The third-order valence-corrected chi connectivity index (χ3v) is 6.25. The number of methoxy groups -OCH3 is 2. The fourth-order valence-corrected chi connectivity index (χ4v) is 4.29. The van der Waals surface area contributed by atoms with E-state index in [-0.39, 0.29) is 18.0 Å². The van der Waals surface area contributed by atoms with Crippen LogP contribution < -0.4 is 20.1 Å². The number of halogens is 2. The first-order chi connectivity index (χ1) is 15.9. The Bertz CT molecular complexity index is 1170. The molecule has 2 aromatic heterocycles. The highest BCUT2D eigenvalue weighted by Crippen LogP contribution is 2.41. The molecule has 1 aromatic carbocycles. The molecule has 0 aliphatic carbocycles. The van der Waals surface area contributed by atoms with E-state index < -0.39 is 0 Å². The van der Waals surface area contributed by atoms with Crippen LogP contribution in [0.5, 0.6) is 11.5 Å². The van der Waals surface area contributed by atoms with Crippen molar-refractivity contribution in [3.8, 4) is 11.5 Å². The smallest absolute Gasteiger partial charge is 0.243 e. The number of rotatable bonds is 8. The van der Waals surface area contributed by atoms with Gasteiger partial charge in [-0.25, -0.2) is 9.97 Å². The number of carbonyl (C=O) groups is 1. The molecule has 33 heavy (non-hydrogen) atoms. The van der Waals surface area contributed by atoms with E-state index in [1.54, 1.807) is 12.3 Å². The monoisotopic (exact) mass is 491 g/mol. The third-order valence-electron chi connectivity index (χ3n) is 5.42. The Kier molecular flexibility index (Phi) is 6.92. The molecule has 174 valence electrons. The summed E-state index contributed by atoms with van der Waals surface area (Å²) in [5.74, 6) is 1.14. The number of aromatic nitrogens is 3. The summed E-state index contributed by atoms with van der Waals surface area (Å²) in [6.07, 6.45) is 4.83. The second-order valence-electron chi connectivity index (χ2n) is 7.40. The van der Waals surface area contributed by atoms with Crippen molar-refractivity contribution in [2.24, 2.45) is 0 Å². The lowest BCUT2D eigenvalue weighted by atomic mass is 10.1. The average Bonchev–Trinajstić information content (AvgIpc) is 3.43. The third kappa shape index (κ3) is 4.71. The van der Waals surface area contributed by atoms with Gasteiger partial charge in [0.1, 0.15) is 11.5 Å². The van der Waals surface area contributed by atoms with E-state index in [1.165, 1.54) is 20.3 Å². The van der Waals surface area contributed by atoms with E-state index in [4.69, 9.17) is 37.4 Å². The van der Waals surface area contributed by atoms with E-state index in [9.17, 15) is 4.79 Å². The van der Waals surface area contributed by atoms with Crippen molar-refractivity contribution in [3.05, 3.63) is 52.8 Å². The summed E-state index contributed by atoms with van der Waals surface area (Å²) in [4.78, 5) is 20.7. The Morgan fingerprint density at radius 1 is 1.27 bits per heavy atom. The molecule has 2 unspecified atom stereocenters. The molecule has 3 aromatic rings. The number of ether oxygens (including phenoxy) is 3. The van der Waals surface area contributed by atoms with Crippen LogP contribution in [0, 0.1) is 0 Å². The van der Waals surface area contributed by atoms with Crippen LogP contribution in [0.2, 0.25) is 10.0 Å². The number of fused-ring (bicyclic) bond motifs is 1. The number of hydrogen-bond donors (Lipinski definition) is 2. The van der Waals surface area contributed by atoms with E-state index in [2.05, 4.69) is 27.2 Å². The number of benzene rings is 1. The van der Waals surface area contributed by atoms with Crippen molar-refractivity contribution in [2.45, 2.75) is 18.6 Å². The summed E-state index contributed by atoms with van der Waals surface area (Å²) in [6, 6.07) is 3.17. The molecule has 4 rings (SSSR count). The lowest BCUT2D eigenvalue weighted by molar-refractivity contribution is -0.117. The second-order valence-corrected chi connectivity index (χ2v) is 8.16. The summed E-state index contributed by atoms with van der Waals surface area (Å²) >= 11 is 13.0. The molecule has 9 nitrogen and oxygen atoms in total. The van der Waals surface area contributed by atoms with Gasteiger partial charge in [0.2, 0.25) is 11.9 Å². The topological polar surface area (TPSA) is 99.5 Å². The number of nitrogens with one attached hydrogen (secondary N) is 2. The van der Waals surface area contributed by atoms with Gasteiger partial charge in [0.15, 0.2) is 0 Å². The molecule has 1 fully saturated rings. The maximum atomic E-state index is 11.6. The normalized spacial score (nSPS) is 17.7. The Morgan fingerprint density at radius 2 is 1.97 bits per heavy atom. The molecule has 0 saturated carbocycles. The second kappa shape index (κ2) is 9.86. The van der Waals surface area contributed by atoms with Crippen LogP contribution in [0.25, 0.3) is 11.0 Å². The molecule has 1 aliphatic heterocycles. The minimum Gasteiger partial charge on any atom is -0.495 e. The fraction of sp³-hybridized carbons (Fsp3) is 0.318. The Balaban J connectivity index is 1.57. The minimum atomic E-state index is -0.253. The predicted molar refractivity (Wildman–Crippen MR) is 127 cm³/mol. The predicted octanol–water partition coefficient (Wildman–Crippen LogP) is 3.29. The van der Waals surface area contributed by atoms with Gasteiger partial charge in [-0.1, -0.05) is 29.8 Å². The van der Waals surface area contributed by atoms with Gasteiger partial charge in [0.25, 0.3) is 0 Å². The molecule has 0 bridgehead atoms. The summed E-state index contributed by atoms with van der Waals surface area (Å²) in [7, 11) is 3.07. The zero-order valence-corrected chi connectivity index (χ0v) is 19.6. The molecular weight excluding hydrogens is 469 g/mol. The molecule has 2 atom stereocenters. The molecular formula is C22H23Cl2N5O4. The van der Waals surface area contributed by atoms with Crippen LogP contribution in [-0.4, -0.2) is 60.0 Å². The number of nitrogens with zero attached hydrogens (tertiary/aromatic N) is 3. The van der Waals surface area contributed by atoms with Crippen LogP contribution >= 0.6 is 23.2 Å². The molecule has 3 heterocycles. The van der Waals surface area contributed by atoms with Gasteiger partial charge in [-0.2, -0.15) is 0 Å². The van der Waals surface area contributed by atoms with Crippen molar-refractivity contribution in [1.29, 1.82) is 0 Å². The van der Waals surface area contributed by atoms with Gasteiger partial charge in [-0.05, 0) is 12.1 Å². The van der Waals surface area contributed by atoms with Gasteiger partial charge in [0, 0.05) is 17.8 Å². The molecule has 2 N–H and O–H groups in total. The first kappa shape index (κ1) is 23.2. The first-order valence-electron chi connectivity index (χ1n) is 10.1. The zero-order valence-electron chi connectivity index (χ0n) is 18.1. The highest BCUT2D eigenvalue weighted by molar-refractivity contribution is 6.37. The van der Waals surface area contributed by atoms with Crippen LogP contribution in [0.15, 0.2) is 37.2 Å². The quantitative estimate of drug-likeness (QED) is 0.466. The maximum Gasteiger partial charge on any atom is 0.243 e. The maximum absolute atomic E-state index is 11.6. The Hall–Kier alpha value is -3.01. The summed E-state index contributed by atoms with van der Waals surface area (Å²) in [5.41, 5.74) is 2.20. The SMILES string of the molecule is C=CC(=O)NC1COCC1Nc1ncc2c(ccn2Cc2c(Cl)c(OC)cc(OC)c2Cl)n1. The van der Waals surface area contributed by atoms with Crippen LogP contribution in [0.4, 0.5) is 5.95 Å². The van der Waals surface area contributed by atoms with Gasteiger partial charge in [0.05, 0.1) is 73.3 Å². The highest BCUT2D eigenvalue weighted by Gasteiger charge is 2.29. The van der Waals surface area contributed by atoms with Crippen LogP contribution in [0.3, 0.4) is 0 Å². The van der Waals surface area contributed by atoms with E-state index in [0.29, 0.717) is 52.8 Å². The number of anilines is 1. The molecule has 0 spiro atoms. The molecule has 1 aliphatic rings. The van der Waals surface area contributed by atoms with Crippen molar-refractivity contribution in [3.63, 3.8) is 0 Å². The minimum absolute atomic E-state index is 0.157. The summed E-state index contributed by atoms with van der Waals surface area (Å²) in [5, 5.41) is 6.92. The number of hydrogen-bond acceptors (Lipinski definition) is 7. The Labute approximate surface area is 200 Å². The highest BCUT2D eigenvalue weighted by atomic mass is 35.5. The van der Waals surface area contributed by atoms with Crippen molar-refractivity contribution >= 4 is 46.1 Å². The fourth-order valence-electron chi connectivity index (χ4n) is 3.67. The number of carbonyl (C=O) groups excluding carboxylic acids is 1. The zero-order chi connectivity index (χ0) is 23.5. The van der Waals surface area contributed by atoms with E-state index >= 15 is 0 Å². The summed E-state index contributed by atoms with van der Waals surface area (Å²) in [6.45, 7) is 4.68. The lowest BCUT2D eigenvalue weighted by Gasteiger charge is -2.19. The first-order valence-corrected chi connectivity index (χ1v) is 10.9. The average molecular weight is 492 g/mol. The Morgan fingerprint density at radius 3 is 2.64 bits per heavy atom. The molecule has 11 heteroatoms. The van der Waals surface area contributed by atoms with Gasteiger partial charge >= 0.3 is 0 Å². The summed E-state index contributed by atoms with van der Waals surface area (Å²) < 4.78 is 18.1. The van der Waals surface area contributed by atoms with E-state index in [1.807, 2.05) is 16.8 Å². The lowest BCUT2D eigenvalue weighted by Crippen LogP contribution is -2.45. The molecule has 1 amide bonds. The van der Waals surface area contributed by atoms with E-state index in [0.717, 1.165) is 11.0 Å². The van der Waals surface area contributed by atoms with Crippen molar-refractivity contribution in [2.75, 3.05) is 32.8 Å². The molecule has 0 radical (unpaired) electrons. The van der Waals surface area contributed by atoms with Gasteiger partial charge in [-0.15, -0.1) is 0 Å². The van der Waals surface area contributed by atoms with Crippen LogP contribution in [0.1, 0.15) is 5.56 Å². The van der Waals surface area contributed by atoms with Gasteiger partial charge in [-0.3, -0.25) is 4.79 Å². The molecule has 1 saturated heterocycles.